The molecule has 1 fully saturated rings. The second-order valence-electron chi connectivity index (χ2n) is 6.77. The Bertz CT molecular complexity index is 526. The molecule has 1 aliphatic heterocycles. The maximum absolute atomic E-state index is 12.4. The van der Waals surface area contributed by atoms with Gasteiger partial charge in [-0.2, -0.15) is 0 Å². The average molecular weight is 286 g/mol. The quantitative estimate of drug-likeness (QED) is 0.845. The number of hydrogen-bond acceptors (Lipinski definition) is 3. The van der Waals surface area contributed by atoms with Gasteiger partial charge in [-0.3, -0.25) is 4.79 Å². The number of hydrogen-bond donors (Lipinski definition) is 0. The Morgan fingerprint density at radius 2 is 2.00 bits per heavy atom. The third-order valence-electron chi connectivity index (χ3n) is 5.01. The Morgan fingerprint density at radius 1 is 1.19 bits per heavy atom. The molecule has 0 saturated carbocycles. The van der Waals surface area contributed by atoms with Gasteiger partial charge in [-0.15, -0.1) is 0 Å². The number of nitrogens with zero attached hydrogens (tertiary/aromatic N) is 2. The minimum Gasteiger partial charge on any atom is -0.304 e. The van der Waals surface area contributed by atoms with Crippen molar-refractivity contribution in [1.29, 1.82) is 0 Å². The minimum atomic E-state index is 0.375. The summed E-state index contributed by atoms with van der Waals surface area (Å²) in [6.07, 6.45) is 4.95. The summed E-state index contributed by atoms with van der Waals surface area (Å²) in [5, 5.41) is 0. The van der Waals surface area contributed by atoms with Gasteiger partial charge in [0.1, 0.15) is 5.78 Å². The van der Waals surface area contributed by atoms with Gasteiger partial charge in [0, 0.05) is 38.5 Å². The van der Waals surface area contributed by atoms with Crippen molar-refractivity contribution >= 4 is 5.78 Å². The highest BCUT2D eigenvalue weighted by atomic mass is 16.1. The zero-order chi connectivity index (χ0) is 14.8. The molecule has 1 saturated heterocycles. The molecule has 0 bridgehead atoms. The topological polar surface area (TPSA) is 23.6 Å². The number of carbonyl (C=O) groups excluding carboxylic acids is 1. The van der Waals surface area contributed by atoms with Crippen molar-refractivity contribution in [2.75, 3.05) is 33.7 Å². The Hall–Kier alpha value is -1.19. The highest BCUT2D eigenvalue weighted by Gasteiger charge is 2.24. The summed E-state index contributed by atoms with van der Waals surface area (Å²) >= 11 is 0. The van der Waals surface area contributed by atoms with Gasteiger partial charge in [0.25, 0.3) is 0 Å². The van der Waals surface area contributed by atoms with Crippen LogP contribution in [0.25, 0.3) is 0 Å². The first kappa shape index (κ1) is 14.7. The predicted molar refractivity (Wildman–Crippen MR) is 85.7 cm³/mol. The summed E-state index contributed by atoms with van der Waals surface area (Å²) in [5.41, 5.74) is 4.15. The van der Waals surface area contributed by atoms with Gasteiger partial charge < -0.3 is 9.80 Å². The second kappa shape index (κ2) is 6.29. The lowest BCUT2D eigenvalue weighted by Gasteiger charge is -2.37. The molecule has 1 atom stereocenters. The number of Topliss-reactive ketones (excluding diaryl/α,β-unsaturated/α-hetero) is 1. The van der Waals surface area contributed by atoms with Crippen LogP contribution in [0.1, 0.15) is 29.5 Å². The number of likely N-dealkylation sites (N-methyl/N-ethyl adjacent to an activating group) is 2. The minimum absolute atomic E-state index is 0.375. The molecule has 1 aromatic rings. The van der Waals surface area contributed by atoms with E-state index in [0.717, 1.165) is 19.6 Å². The molecule has 0 spiro atoms. The molecule has 1 unspecified atom stereocenters. The SMILES string of the molecule is CN1CCN(C)C(CC(=O)Cc2ccc3c(c2)CCC3)C1. The van der Waals surface area contributed by atoms with E-state index >= 15 is 0 Å². The molecule has 1 aromatic carbocycles. The van der Waals surface area contributed by atoms with Crippen LogP contribution in [-0.4, -0.2) is 55.4 Å². The zero-order valence-electron chi connectivity index (χ0n) is 13.3. The molecule has 3 heteroatoms. The fraction of sp³-hybridized carbons (Fsp3) is 0.611. The second-order valence-corrected chi connectivity index (χ2v) is 6.77. The highest BCUT2D eigenvalue weighted by molar-refractivity contribution is 5.81. The van der Waals surface area contributed by atoms with Gasteiger partial charge in [-0.25, -0.2) is 0 Å². The molecule has 1 heterocycles. The molecule has 21 heavy (non-hydrogen) atoms. The van der Waals surface area contributed by atoms with E-state index in [1.54, 1.807) is 0 Å². The molecule has 114 valence electrons. The van der Waals surface area contributed by atoms with E-state index < -0.39 is 0 Å². The first-order valence-electron chi connectivity index (χ1n) is 8.13. The molecular formula is C18H26N2O. The predicted octanol–water partition coefficient (Wildman–Crippen LogP) is 1.92. The molecule has 0 aromatic heterocycles. The van der Waals surface area contributed by atoms with Crippen LogP contribution in [0.4, 0.5) is 0 Å². The van der Waals surface area contributed by atoms with Crippen molar-refractivity contribution in [2.45, 2.75) is 38.1 Å². The number of piperazine rings is 1. The van der Waals surface area contributed by atoms with Crippen molar-refractivity contribution < 1.29 is 4.79 Å². The smallest absolute Gasteiger partial charge is 0.138 e. The maximum Gasteiger partial charge on any atom is 0.138 e. The van der Waals surface area contributed by atoms with E-state index in [0.29, 0.717) is 24.7 Å². The first-order valence-corrected chi connectivity index (χ1v) is 8.13. The summed E-state index contributed by atoms with van der Waals surface area (Å²) in [6.45, 7) is 3.17. The lowest BCUT2D eigenvalue weighted by Crippen LogP contribution is -2.50. The van der Waals surface area contributed by atoms with Crippen molar-refractivity contribution in [2.24, 2.45) is 0 Å². The van der Waals surface area contributed by atoms with E-state index in [1.807, 2.05) is 0 Å². The summed E-state index contributed by atoms with van der Waals surface area (Å²) in [6, 6.07) is 7.02. The Labute approximate surface area is 127 Å². The van der Waals surface area contributed by atoms with Gasteiger partial charge in [-0.05, 0) is 50.0 Å². The Kier molecular flexibility index (Phi) is 4.41. The van der Waals surface area contributed by atoms with E-state index in [-0.39, 0.29) is 0 Å². The van der Waals surface area contributed by atoms with Gasteiger partial charge in [0.05, 0.1) is 0 Å². The fourth-order valence-electron chi connectivity index (χ4n) is 3.62. The van der Waals surface area contributed by atoms with E-state index in [9.17, 15) is 4.79 Å². The normalized spacial score (nSPS) is 23.2. The largest absolute Gasteiger partial charge is 0.304 e. The summed E-state index contributed by atoms with van der Waals surface area (Å²) in [7, 11) is 4.28. The molecule has 2 aliphatic rings. The number of aryl methyl sites for hydroxylation is 2. The fourth-order valence-corrected chi connectivity index (χ4v) is 3.62. The average Bonchev–Trinajstić information content (AvgIpc) is 2.90. The van der Waals surface area contributed by atoms with Crippen LogP contribution < -0.4 is 0 Å². The van der Waals surface area contributed by atoms with Crippen LogP contribution in [0.3, 0.4) is 0 Å². The van der Waals surface area contributed by atoms with Crippen LogP contribution in [0.5, 0.6) is 0 Å². The number of ketones is 1. The Balaban J connectivity index is 1.58. The van der Waals surface area contributed by atoms with Crippen molar-refractivity contribution in [3.05, 3.63) is 34.9 Å². The van der Waals surface area contributed by atoms with E-state index in [4.69, 9.17) is 0 Å². The lowest BCUT2D eigenvalue weighted by molar-refractivity contribution is -0.120. The number of rotatable bonds is 4. The van der Waals surface area contributed by atoms with Crippen LogP contribution in [0, 0.1) is 0 Å². The van der Waals surface area contributed by atoms with E-state index in [2.05, 4.69) is 42.1 Å². The van der Waals surface area contributed by atoms with E-state index in [1.165, 1.54) is 36.0 Å². The molecule has 0 radical (unpaired) electrons. The summed E-state index contributed by atoms with van der Waals surface area (Å²) in [4.78, 5) is 17.0. The molecule has 0 amide bonds. The zero-order valence-corrected chi connectivity index (χ0v) is 13.3. The van der Waals surface area contributed by atoms with Crippen LogP contribution >= 0.6 is 0 Å². The van der Waals surface area contributed by atoms with Crippen molar-refractivity contribution in [3.8, 4) is 0 Å². The summed E-state index contributed by atoms with van der Waals surface area (Å²) < 4.78 is 0. The summed E-state index contributed by atoms with van der Waals surface area (Å²) in [5.74, 6) is 0.375. The third kappa shape index (κ3) is 3.53. The van der Waals surface area contributed by atoms with Crippen molar-refractivity contribution in [1.82, 2.24) is 9.80 Å². The first-order chi connectivity index (χ1) is 10.1. The van der Waals surface area contributed by atoms with Crippen LogP contribution in [0.2, 0.25) is 0 Å². The highest BCUT2D eigenvalue weighted by Crippen LogP contribution is 2.23. The number of benzene rings is 1. The molecule has 3 nitrogen and oxygen atoms in total. The standard InChI is InChI=1S/C18H26N2O/c1-19-8-9-20(2)17(13-19)12-18(21)11-14-6-7-15-4-3-5-16(15)10-14/h6-7,10,17H,3-5,8-9,11-13H2,1-2H3. The lowest BCUT2D eigenvalue weighted by atomic mass is 9.98. The number of carbonyl (C=O) groups is 1. The Morgan fingerprint density at radius 3 is 2.86 bits per heavy atom. The van der Waals surface area contributed by atoms with Gasteiger partial charge in [0.2, 0.25) is 0 Å². The van der Waals surface area contributed by atoms with Crippen molar-refractivity contribution in [3.63, 3.8) is 0 Å². The molecule has 3 rings (SSSR count). The maximum atomic E-state index is 12.4. The van der Waals surface area contributed by atoms with Crippen LogP contribution in [-0.2, 0) is 24.1 Å². The monoisotopic (exact) mass is 286 g/mol. The molecular weight excluding hydrogens is 260 g/mol. The van der Waals surface area contributed by atoms with Crippen LogP contribution in [0.15, 0.2) is 18.2 Å². The number of fused-ring (bicyclic) bond motifs is 1. The molecule has 0 N–H and O–H groups in total. The third-order valence-corrected chi connectivity index (χ3v) is 5.01. The van der Waals surface area contributed by atoms with Gasteiger partial charge in [-0.1, -0.05) is 18.2 Å². The molecule has 1 aliphatic carbocycles. The van der Waals surface area contributed by atoms with Gasteiger partial charge in [0.15, 0.2) is 0 Å². The van der Waals surface area contributed by atoms with Gasteiger partial charge >= 0.3 is 0 Å².